The van der Waals surface area contributed by atoms with E-state index >= 15 is 0 Å². The summed E-state index contributed by atoms with van der Waals surface area (Å²) in [5.41, 5.74) is 0.549. The molecule has 21 heavy (non-hydrogen) atoms. The molecule has 2 rings (SSSR count). The highest BCUT2D eigenvalue weighted by Gasteiger charge is 2.15. The van der Waals surface area contributed by atoms with Gasteiger partial charge in [0.05, 0.1) is 16.3 Å². The lowest BCUT2D eigenvalue weighted by molar-refractivity contribution is -0.116. The number of halogens is 1. The number of carboxylic acid groups (broad SMARTS) is 1. The summed E-state index contributed by atoms with van der Waals surface area (Å²) in [6.45, 7) is 1.02. The van der Waals surface area contributed by atoms with Gasteiger partial charge in [-0.3, -0.25) is 4.79 Å². The summed E-state index contributed by atoms with van der Waals surface area (Å²) in [5, 5.41) is 15.2. The molecule has 1 atom stereocenters. The number of aromatic carboxylic acids is 1. The van der Waals surface area contributed by atoms with Gasteiger partial charge in [-0.15, -0.1) is 0 Å². The molecule has 1 saturated heterocycles. The quantitative estimate of drug-likeness (QED) is 0.781. The van der Waals surface area contributed by atoms with Gasteiger partial charge in [0.15, 0.2) is 0 Å². The fraction of sp³-hybridized carbons (Fsp3) is 0.467. The normalized spacial score (nSPS) is 18.2. The highest BCUT2D eigenvalue weighted by Crippen LogP contribution is 2.23. The lowest BCUT2D eigenvalue weighted by Crippen LogP contribution is -2.34. The van der Waals surface area contributed by atoms with Crippen molar-refractivity contribution in [3.8, 4) is 0 Å². The molecule has 6 heteroatoms. The molecule has 1 aliphatic rings. The number of anilines is 1. The minimum atomic E-state index is -1.04. The molecule has 0 spiro atoms. The Morgan fingerprint density at radius 2 is 2.19 bits per heavy atom. The van der Waals surface area contributed by atoms with Gasteiger partial charge < -0.3 is 15.7 Å². The van der Waals surface area contributed by atoms with Gasteiger partial charge >= 0.3 is 5.97 Å². The lowest BCUT2D eigenvalue weighted by atomic mass is 10.0. The van der Waals surface area contributed by atoms with E-state index in [9.17, 15) is 9.59 Å². The van der Waals surface area contributed by atoms with Gasteiger partial charge in [0.1, 0.15) is 0 Å². The molecule has 0 bridgehead atoms. The van der Waals surface area contributed by atoms with Crippen molar-refractivity contribution in [1.82, 2.24) is 5.32 Å². The van der Waals surface area contributed by atoms with Crippen LogP contribution in [0.3, 0.4) is 0 Å². The smallest absolute Gasteiger partial charge is 0.335 e. The highest BCUT2D eigenvalue weighted by molar-refractivity contribution is 6.34. The van der Waals surface area contributed by atoms with Gasteiger partial charge in [-0.2, -0.15) is 0 Å². The minimum Gasteiger partial charge on any atom is -0.478 e. The Bertz CT molecular complexity index is 528. The SMILES string of the molecule is O=C(CCC1CCCCN1)Nc1ccc(C(=O)O)cc1Cl. The Labute approximate surface area is 128 Å². The van der Waals surface area contributed by atoms with Gasteiger partial charge in [0, 0.05) is 12.5 Å². The maximum Gasteiger partial charge on any atom is 0.335 e. The van der Waals surface area contributed by atoms with Crippen LogP contribution in [0.5, 0.6) is 0 Å². The Hall–Kier alpha value is -1.59. The monoisotopic (exact) mass is 310 g/mol. The largest absolute Gasteiger partial charge is 0.478 e. The second kappa shape index (κ2) is 7.43. The Morgan fingerprint density at radius 1 is 1.38 bits per heavy atom. The number of carboxylic acids is 1. The molecule has 114 valence electrons. The van der Waals surface area contributed by atoms with Gasteiger partial charge in [-0.1, -0.05) is 18.0 Å². The van der Waals surface area contributed by atoms with Crippen LogP contribution in [-0.4, -0.2) is 29.6 Å². The molecule has 0 saturated carbocycles. The van der Waals surface area contributed by atoms with E-state index in [4.69, 9.17) is 16.7 Å². The topological polar surface area (TPSA) is 78.4 Å². The van der Waals surface area contributed by atoms with Crippen molar-refractivity contribution in [3.63, 3.8) is 0 Å². The zero-order valence-electron chi connectivity index (χ0n) is 11.7. The first kappa shape index (κ1) is 15.8. The Kier molecular flexibility index (Phi) is 5.59. The molecule has 1 amide bonds. The summed E-state index contributed by atoms with van der Waals surface area (Å²) < 4.78 is 0. The average molecular weight is 311 g/mol. The number of benzene rings is 1. The molecule has 1 aromatic carbocycles. The summed E-state index contributed by atoms with van der Waals surface area (Å²) in [5.74, 6) is -1.15. The van der Waals surface area contributed by atoms with E-state index in [-0.39, 0.29) is 16.5 Å². The summed E-state index contributed by atoms with van der Waals surface area (Å²) >= 11 is 5.98. The lowest BCUT2D eigenvalue weighted by Gasteiger charge is -2.23. The van der Waals surface area contributed by atoms with Crippen molar-refractivity contribution in [2.45, 2.75) is 38.1 Å². The van der Waals surface area contributed by atoms with Crippen molar-refractivity contribution >= 4 is 29.2 Å². The first-order valence-corrected chi connectivity index (χ1v) is 7.50. The maximum absolute atomic E-state index is 11.9. The molecule has 0 radical (unpaired) electrons. The van der Waals surface area contributed by atoms with E-state index in [0.29, 0.717) is 18.2 Å². The summed E-state index contributed by atoms with van der Waals surface area (Å²) in [6.07, 6.45) is 4.75. The van der Waals surface area contributed by atoms with Crippen molar-refractivity contribution < 1.29 is 14.7 Å². The van der Waals surface area contributed by atoms with Crippen LogP contribution in [0.4, 0.5) is 5.69 Å². The van der Waals surface area contributed by atoms with Crippen molar-refractivity contribution in [1.29, 1.82) is 0 Å². The number of carbonyl (C=O) groups excluding carboxylic acids is 1. The fourth-order valence-electron chi connectivity index (χ4n) is 2.44. The number of hydrogen-bond donors (Lipinski definition) is 3. The fourth-order valence-corrected chi connectivity index (χ4v) is 2.67. The molecule has 5 nitrogen and oxygen atoms in total. The number of nitrogens with one attached hydrogen (secondary N) is 2. The van der Waals surface area contributed by atoms with Crippen LogP contribution in [0.15, 0.2) is 18.2 Å². The zero-order valence-corrected chi connectivity index (χ0v) is 12.4. The molecule has 1 heterocycles. The third-order valence-corrected chi connectivity index (χ3v) is 3.94. The standard InChI is InChI=1S/C15H19ClN2O3/c16-12-9-10(15(20)21)4-6-13(12)18-14(19)7-5-11-3-1-2-8-17-11/h4,6,9,11,17H,1-3,5,7-8H2,(H,18,19)(H,20,21). The van der Waals surface area contributed by atoms with Crippen LogP contribution in [0.25, 0.3) is 0 Å². The molecule has 1 aromatic rings. The number of hydrogen-bond acceptors (Lipinski definition) is 3. The second-order valence-corrected chi connectivity index (χ2v) is 5.64. The molecule has 1 unspecified atom stereocenters. The summed E-state index contributed by atoms with van der Waals surface area (Å²) in [6, 6.07) is 4.69. The maximum atomic E-state index is 11.9. The van der Waals surface area contributed by atoms with Crippen LogP contribution in [0.2, 0.25) is 5.02 Å². The van der Waals surface area contributed by atoms with Crippen LogP contribution < -0.4 is 10.6 Å². The summed E-state index contributed by atoms with van der Waals surface area (Å²) in [4.78, 5) is 22.7. The molecular formula is C15H19ClN2O3. The van der Waals surface area contributed by atoms with Crippen molar-refractivity contribution in [3.05, 3.63) is 28.8 Å². The minimum absolute atomic E-state index is 0.101. The highest BCUT2D eigenvalue weighted by atomic mass is 35.5. The van der Waals surface area contributed by atoms with Crippen LogP contribution in [-0.2, 0) is 4.79 Å². The first-order chi connectivity index (χ1) is 10.1. The zero-order chi connectivity index (χ0) is 15.2. The van der Waals surface area contributed by atoms with Gasteiger partial charge in [0.2, 0.25) is 5.91 Å². The molecule has 1 fully saturated rings. The van der Waals surface area contributed by atoms with E-state index in [2.05, 4.69) is 10.6 Å². The molecule has 3 N–H and O–H groups in total. The number of piperidine rings is 1. The van der Waals surface area contributed by atoms with Crippen molar-refractivity contribution in [2.75, 3.05) is 11.9 Å². The molecule has 1 aliphatic heterocycles. The third kappa shape index (κ3) is 4.72. The first-order valence-electron chi connectivity index (χ1n) is 7.12. The molecule has 0 aromatic heterocycles. The Balaban J connectivity index is 1.85. The van der Waals surface area contributed by atoms with E-state index < -0.39 is 5.97 Å². The van der Waals surface area contributed by atoms with Gasteiger partial charge in [-0.25, -0.2) is 4.79 Å². The van der Waals surface area contributed by atoms with E-state index in [1.54, 1.807) is 0 Å². The van der Waals surface area contributed by atoms with Crippen LogP contribution >= 0.6 is 11.6 Å². The third-order valence-electron chi connectivity index (χ3n) is 3.62. The van der Waals surface area contributed by atoms with Crippen LogP contribution in [0.1, 0.15) is 42.5 Å². The van der Waals surface area contributed by atoms with Crippen LogP contribution in [0, 0.1) is 0 Å². The molecular weight excluding hydrogens is 292 g/mol. The Morgan fingerprint density at radius 3 is 2.81 bits per heavy atom. The molecule has 0 aliphatic carbocycles. The number of carbonyl (C=O) groups is 2. The predicted molar refractivity (Wildman–Crippen MR) is 81.9 cm³/mol. The van der Waals surface area contributed by atoms with Crippen molar-refractivity contribution in [2.24, 2.45) is 0 Å². The predicted octanol–water partition coefficient (Wildman–Crippen LogP) is 2.90. The number of rotatable bonds is 5. The average Bonchev–Trinajstić information content (AvgIpc) is 2.48. The second-order valence-electron chi connectivity index (χ2n) is 5.23. The van der Waals surface area contributed by atoms with E-state index in [1.807, 2.05) is 0 Å². The van der Waals surface area contributed by atoms with Gasteiger partial charge in [0.25, 0.3) is 0 Å². The van der Waals surface area contributed by atoms with Gasteiger partial charge in [-0.05, 0) is 44.0 Å². The summed E-state index contributed by atoms with van der Waals surface area (Å²) in [7, 11) is 0. The van der Waals surface area contributed by atoms with E-state index in [1.165, 1.54) is 31.0 Å². The van der Waals surface area contributed by atoms with E-state index in [0.717, 1.165) is 19.4 Å². The number of amides is 1.